The molecule has 0 amide bonds. The molecule has 2 fully saturated rings. The van der Waals surface area contributed by atoms with Crippen molar-refractivity contribution in [2.45, 2.75) is 92.3 Å². The predicted molar refractivity (Wildman–Crippen MR) is 172 cm³/mol. The second-order valence-electron chi connectivity index (χ2n) is 15.8. The van der Waals surface area contributed by atoms with E-state index in [1.54, 1.807) is 0 Å². The third-order valence-corrected chi connectivity index (χ3v) is 11.0. The quantitative estimate of drug-likeness (QED) is 0.117. The number of hydrogen-bond donors (Lipinski definition) is 0. The monoisotopic (exact) mass is 632 g/mol. The van der Waals surface area contributed by atoms with E-state index in [9.17, 15) is 14.2 Å². The molecule has 0 N–H and O–H groups in total. The summed E-state index contributed by atoms with van der Waals surface area (Å²) in [6.07, 6.45) is 6.41. The van der Waals surface area contributed by atoms with Crippen LogP contribution in [0.1, 0.15) is 80.1 Å². The molecule has 9 nitrogen and oxygen atoms in total. The van der Waals surface area contributed by atoms with Crippen molar-refractivity contribution in [3.05, 3.63) is 0 Å². The minimum atomic E-state index is -3.30. The summed E-state index contributed by atoms with van der Waals surface area (Å²) in [6, 6.07) is 0. The molecule has 10 heteroatoms. The highest BCUT2D eigenvalue weighted by Crippen LogP contribution is 2.43. The molecule has 1 unspecified atom stereocenters. The van der Waals surface area contributed by atoms with Crippen LogP contribution in [0.15, 0.2) is 0 Å². The Hall–Kier alpha value is -0.990. The number of nitrogens with zero attached hydrogens (tertiary/aromatic N) is 2. The minimum Gasteiger partial charge on any atom is -0.458 e. The SMILES string of the molecule is CC(C)[C@H]1CC[C@@H](C)C[C@H]1OC(=O)C[N+](C)(C)CCOP(C)(=O)OCC[N+](C)(C)CC(=O)O[C@@H]1C[C@H](C)CC[C@H]1C(C)C. The summed E-state index contributed by atoms with van der Waals surface area (Å²) in [5.41, 5.74) is 0. The molecule has 0 heterocycles. The summed E-state index contributed by atoms with van der Waals surface area (Å²) in [5, 5.41) is 0. The molecule has 0 saturated heterocycles. The zero-order valence-electron chi connectivity index (χ0n) is 29.3. The molecule has 0 aromatic rings. The Kier molecular flexibility index (Phi) is 14.7. The fourth-order valence-corrected chi connectivity index (χ4v) is 7.62. The van der Waals surface area contributed by atoms with Gasteiger partial charge in [0.25, 0.3) is 0 Å². The second-order valence-corrected chi connectivity index (χ2v) is 17.8. The molecule has 43 heavy (non-hydrogen) atoms. The van der Waals surface area contributed by atoms with Gasteiger partial charge in [0.1, 0.15) is 38.5 Å². The van der Waals surface area contributed by atoms with E-state index in [0.29, 0.717) is 57.6 Å². The number of quaternary nitrogens is 2. The maximum atomic E-state index is 13.0. The zero-order chi connectivity index (χ0) is 32.6. The normalized spacial score (nSPS) is 28.5. The molecule has 0 aromatic heterocycles. The van der Waals surface area contributed by atoms with E-state index in [0.717, 1.165) is 25.7 Å². The molecule has 2 aliphatic rings. The summed E-state index contributed by atoms with van der Waals surface area (Å²) < 4.78 is 37.0. The highest BCUT2D eigenvalue weighted by atomic mass is 31.2. The van der Waals surface area contributed by atoms with Crippen LogP contribution < -0.4 is 0 Å². The van der Waals surface area contributed by atoms with E-state index >= 15 is 0 Å². The van der Waals surface area contributed by atoms with E-state index in [-0.39, 0.29) is 50.4 Å². The fourth-order valence-electron chi connectivity index (χ4n) is 6.71. The molecule has 7 atom stereocenters. The average molecular weight is 633 g/mol. The Morgan fingerprint density at radius 3 is 1.37 bits per heavy atom. The van der Waals surface area contributed by atoms with Crippen LogP contribution in [-0.2, 0) is 32.7 Å². The van der Waals surface area contributed by atoms with Crippen molar-refractivity contribution in [2.24, 2.45) is 35.5 Å². The first-order valence-corrected chi connectivity index (χ1v) is 18.7. The first-order chi connectivity index (χ1) is 19.8. The van der Waals surface area contributed by atoms with Gasteiger partial charge in [-0.25, -0.2) is 9.59 Å². The third kappa shape index (κ3) is 13.9. The number of rotatable bonds is 16. The van der Waals surface area contributed by atoms with Crippen LogP contribution in [0.2, 0.25) is 0 Å². The molecule has 0 aliphatic heterocycles. The van der Waals surface area contributed by atoms with E-state index < -0.39 is 7.60 Å². The van der Waals surface area contributed by atoms with Crippen molar-refractivity contribution in [2.75, 3.05) is 74.2 Å². The molecule has 2 saturated carbocycles. The number of ether oxygens (including phenoxy) is 2. The lowest BCUT2D eigenvalue weighted by molar-refractivity contribution is -0.883. The molecule has 252 valence electrons. The van der Waals surface area contributed by atoms with Gasteiger partial charge in [0.15, 0.2) is 13.1 Å². The molecular formula is C33H65N2O7P+2. The first-order valence-electron chi connectivity index (χ1n) is 16.7. The molecule has 0 aromatic carbocycles. The number of esters is 2. The van der Waals surface area contributed by atoms with Crippen LogP contribution in [0.3, 0.4) is 0 Å². The molecule has 0 bridgehead atoms. The van der Waals surface area contributed by atoms with Gasteiger partial charge in [0.2, 0.25) is 0 Å². The van der Waals surface area contributed by atoms with Crippen LogP contribution in [0.5, 0.6) is 0 Å². The van der Waals surface area contributed by atoms with Crippen LogP contribution in [0.25, 0.3) is 0 Å². The van der Waals surface area contributed by atoms with Gasteiger partial charge in [0.05, 0.1) is 28.2 Å². The van der Waals surface area contributed by atoms with Gasteiger partial charge < -0.3 is 27.5 Å². The topological polar surface area (TPSA) is 88.1 Å². The number of likely N-dealkylation sites (N-methyl/N-ethyl adjacent to an activating group) is 2. The standard InChI is InChI=1S/C33H65N2O7P/c1-24(2)28-14-12-26(5)20-30(28)41-32(36)22-34(7,8)16-18-39-43(11,38)40-19-17-35(9,10)23-33(37)42-31-21-27(6)13-15-29(31)25(3)4/h24-31H,12-23H2,1-11H3/q+2/t26-,27-,28-,29+,30-,31-,43?/m1/s1. The molecule has 2 rings (SSSR count). The van der Waals surface area contributed by atoms with Crippen molar-refractivity contribution in [3.8, 4) is 0 Å². The predicted octanol–water partition coefficient (Wildman–Crippen LogP) is 6.00. The van der Waals surface area contributed by atoms with E-state index in [4.69, 9.17) is 18.5 Å². The number of hydrogen-bond acceptors (Lipinski definition) is 7. The van der Waals surface area contributed by atoms with Gasteiger partial charge in [-0.2, -0.15) is 0 Å². The lowest BCUT2D eigenvalue weighted by Gasteiger charge is -2.37. The van der Waals surface area contributed by atoms with Crippen LogP contribution in [0, 0.1) is 35.5 Å². The summed E-state index contributed by atoms with van der Waals surface area (Å²) in [4.78, 5) is 25.7. The Balaban J connectivity index is 1.73. The molecular weight excluding hydrogens is 567 g/mol. The van der Waals surface area contributed by atoms with Gasteiger partial charge in [-0.15, -0.1) is 0 Å². The van der Waals surface area contributed by atoms with Crippen LogP contribution >= 0.6 is 7.60 Å². The van der Waals surface area contributed by atoms with Gasteiger partial charge in [-0.3, -0.25) is 4.57 Å². The van der Waals surface area contributed by atoms with Crippen LogP contribution in [0.4, 0.5) is 0 Å². The lowest BCUT2D eigenvalue weighted by Crippen LogP contribution is -2.48. The van der Waals surface area contributed by atoms with Crippen molar-refractivity contribution < 1.29 is 41.6 Å². The molecule has 0 spiro atoms. The van der Waals surface area contributed by atoms with Crippen molar-refractivity contribution in [1.82, 2.24) is 0 Å². The summed E-state index contributed by atoms with van der Waals surface area (Å²) in [6.45, 7) is 16.6. The highest BCUT2D eigenvalue weighted by Gasteiger charge is 2.36. The Labute approximate surface area is 263 Å². The Morgan fingerprint density at radius 1 is 0.698 bits per heavy atom. The summed E-state index contributed by atoms with van der Waals surface area (Å²) >= 11 is 0. The third-order valence-electron chi connectivity index (χ3n) is 9.65. The number of carbonyl (C=O) groups is 2. The average Bonchev–Trinajstić information content (AvgIpc) is 2.82. The van der Waals surface area contributed by atoms with Gasteiger partial charge in [-0.1, -0.05) is 54.4 Å². The largest absolute Gasteiger partial charge is 0.458 e. The van der Waals surface area contributed by atoms with E-state index in [1.165, 1.54) is 19.5 Å². The number of carbonyl (C=O) groups excluding carboxylic acids is 2. The van der Waals surface area contributed by atoms with Gasteiger partial charge in [-0.05, 0) is 61.2 Å². The van der Waals surface area contributed by atoms with Crippen LogP contribution in [-0.4, -0.2) is 107 Å². The minimum absolute atomic E-state index is 0.0193. The van der Waals surface area contributed by atoms with Crippen molar-refractivity contribution >= 4 is 19.5 Å². The van der Waals surface area contributed by atoms with Gasteiger partial charge >= 0.3 is 19.5 Å². The first kappa shape index (κ1) is 38.2. The summed E-state index contributed by atoms with van der Waals surface area (Å²) in [7, 11) is 4.51. The van der Waals surface area contributed by atoms with Crippen molar-refractivity contribution in [1.29, 1.82) is 0 Å². The lowest BCUT2D eigenvalue weighted by atomic mass is 9.75. The highest BCUT2D eigenvalue weighted by molar-refractivity contribution is 7.52. The Bertz CT molecular complexity index is 868. The second kappa shape index (κ2) is 16.5. The smallest absolute Gasteiger partial charge is 0.362 e. The van der Waals surface area contributed by atoms with E-state index in [1.807, 2.05) is 28.2 Å². The van der Waals surface area contributed by atoms with E-state index in [2.05, 4.69) is 41.5 Å². The molecule has 0 radical (unpaired) electrons. The zero-order valence-corrected chi connectivity index (χ0v) is 30.2. The Morgan fingerprint density at radius 2 is 1.05 bits per heavy atom. The molecule has 2 aliphatic carbocycles. The summed E-state index contributed by atoms with van der Waals surface area (Å²) in [5.74, 6) is 2.56. The van der Waals surface area contributed by atoms with Gasteiger partial charge in [0, 0.05) is 6.66 Å². The van der Waals surface area contributed by atoms with Crippen molar-refractivity contribution in [3.63, 3.8) is 0 Å². The fraction of sp³-hybridized carbons (Fsp3) is 0.939. The maximum absolute atomic E-state index is 13.0. The maximum Gasteiger partial charge on any atom is 0.362 e.